The molecule has 1 rings (SSSR count). The summed E-state index contributed by atoms with van der Waals surface area (Å²) in [6, 6.07) is 0. The van der Waals surface area contributed by atoms with Crippen LogP contribution in [-0.2, 0) is 14.2 Å². The molecule has 0 aromatic carbocycles. The number of ether oxygens (including phenoxy) is 3. The minimum atomic E-state index is -0.793. The Hall–Kier alpha value is -0.120. The van der Waals surface area contributed by atoms with Crippen LogP contribution in [0.15, 0.2) is 0 Å². The Kier molecular flexibility index (Phi) is 6.45. The van der Waals surface area contributed by atoms with E-state index in [-0.39, 0.29) is 0 Å². The van der Waals surface area contributed by atoms with Crippen LogP contribution in [0.1, 0.15) is 53.4 Å². The van der Waals surface area contributed by atoms with Crippen LogP contribution in [0.25, 0.3) is 0 Å². The lowest BCUT2D eigenvalue weighted by Gasteiger charge is -2.41. The largest absolute Gasteiger partial charge is 0.328 e. The normalized spacial score (nSPS) is 26.1. The van der Waals surface area contributed by atoms with Gasteiger partial charge in [-0.2, -0.15) is 0 Å². The van der Waals surface area contributed by atoms with Crippen LogP contribution in [0.3, 0.4) is 0 Å². The highest BCUT2D eigenvalue weighted by Gasteiger charge is 2.43. The molecule has 0 aliphatic heterocycles. The van der Waals surface area contributed by atoms with Crippen LogP contribution in [0.5, 0.6) is 0 Å². The van der Waals surface area contributed by atoms with Crippen molar-refractivity contribution in [2.45, 2.75) is 59.4 Å². The summed E-state index contributed by atoms with van der Waals surface area (Å²) in [5.41, 5.74) is 0. The van der Waals surface area contributed by atoms with Gasteiger partial charge in [0.05, 0.1) is 0 Å². The third-order valence-corrected chi connectivity index (χ3v) is 3.55. The zero-order valence-corrected chi connectivity index (χ0v) is 11.8. The zero-order valence-electron chi connectivity index (χ0n) is 11.8. The van der Waals surface area contributed by atoms with Crippen molar-refractivity contribution < 1.29 is 14.2 Å². The minimum absolute atomic E-state index is 0.374. The molecule has 0 amide bonds. The van der Waals surface area contributed by atoms with Crippen molar-refractivity contribution in [1.29, 1.82) is 0 Å². The lowest BCUT2D eigenvalue weighted by molar-refractivity contribution is -0.404. The smallest absolute Gasteiger partial charge is 0.285 e. The molecule has 3 heteroatoms. The van der Waals surface area contributed by atoms with Gasteiger partial charge in [-0.25, -0.2) is 0 Å². The SMILES string of the molecule is CCOC(OCC)(OCC)C1CCC(C)CC1. The molecule has 0 radical (unpaired) electrons. The Morgan fingerprint density at radius 3 is 1.59 bits per heavy atom. The first-order chi connectivity index (χ1) is 8.18. The van der Waals surface area contributed by atoms with Gasteiger partial charge in [0.2, 0.25) is 0 Å². The van der Waals surface area contributed by atoms with Gasteiger partial charge in [-0.1, -0.05) is 19.8 Å². The Balaban J connectivity index is 2.71. The van der Waals surface area contributed by atoms with E-state index in [0.29, 0.717) is 25.7 Å². The van der Waals surface area contributed by atoms with E-state index in [2.05, 4.69) is 6.92 Å². The van der Waals surface area contributed by atoms with Crippen LogP contribution in [-0.4, -0.2) is 25.8 Å². The molecule has 0 heterocycles. The molecule has 1 aliphatic carbocycles. The molecule has 1 saturated carbocycles. The van der Waals surface area contributed by atoms with Crippen LogP contribution < -0.4 is 0 Å². The van der Waals surface area contributed by atoms with Gasteiger partial charge in [0, 0.05) is 25.7 Å². The second kappa shape index (κ2) is 7.34. The Labute approximate surface area is 106 Å². The van der Waals surface area contributed by atoms with Crippen LogP contribution in [0.2, 0.25) is 0 Å². The van der Waals surface area contributed by atoms with Gasteiger partial charge in [0.25, 0.3) is 5.97 Å². The van der Waals surface area contributed by atoms with Crippen molar-refractivity contribution in [2.24, 2.45) is 11.8 Å². The van der Waals surface area contributed by atoms with Crippen LogP contribution in [0.4, 0.5) is 0 Å². The van der Waals surface area contributed by atoms with Gasteiger partial charge < -0.3 is 14.2 Å². The molecular formula is C14H28O3. The number of hydrogen-bond donors (Lipinski definition) is 0. The van der Waals surface area contributed by atoms with Crippen LogP contribution >= 0.6 is 0 Å². The predicted molar refractivity (Wildman–Crippen MR) is 68.7 cm³/mol. The fourth-order valence-corrected chi connectivity index (χ4v) is 2.70. The topological polar surface area (TPSA) is 27.7 Å². The van der Waals surface area contributed by atoms with Crippen molar-refractivity contribution in [2.75, 3.05) is 19.8 Å². The highest BCUT2D eigenvalue weighted by atomic mass is 16.9. The first-order valence-electron chi connectivity index (χ1n) is 7.10. The van der Waals surface area contributed by atoms with E-state index in [9.17, 15) is 0 Å². The fourth-order valence-electron chi connectivity index (χ4n) is 2.70. The second-order valence-electron chi connectivity index (χ2n) is 4.86. The van der Waals surface area contributed by atoms with E-state index < -0.39 is 5.97 Å². The standard InChI is InChI=1S/C14H28O3/c1-5-15-14(16-6-2,17-7-3)13-10-8-12(4)9-11-13/h12-13H,5-11H2,1-4H3. The lowest BCUT2D eigenvalue weighted by Crippen LogP contribution is -2.47. The first-order valence-corrected chi connectivity index (χ1v) is 7.10. The molecule has 1 fully saturated rings. The van der Waals surface area contributed by atoms with Gasteiger partial charge in [0.15, 0.2) is 0 Å². The van der Waals surface area contributed by atoms with Crippen molar-refractivity contribution in [3.63, 3.8) is 0 Å². The van der Waals surface area contributed by atoms with E-state index in [1.165, 1.54) is 12.8 Å². The van der Waals surface area contributed by atoms with Gasteiger partial charge in [-0.15, -0.1) is 0 Å². The summed E-state index contributed by atoms with van der Waals surface area (Å²) in [5.74, 6) is 0.408. The molecule has 0 atom stereocenters. The molecule has 1 aliphatic rings. The van der Waals surface area contributed by atoms with Gasteiger partial charge in [0.1, 0.15) is 0 Å². The average Bonchev–Trinajstić information content (AvgIpc) is 2.30. The molecular weight excluding hydrogens is 216 g/mol. The summed E-state index contributed by atoms with van der Waals surface area (Å²) in [5, 5.41) is 0. The van der Waals surface area contributed by atoms with Crippen molar-refractivity contribution in [1.82, 2.24) is 0 Å². The van der Waals surface area contributed by atoms with Crippen molar-refractivity contribution >= 4 is 0 Å². The minimum Gasteiger partial charge on any atom is -0.328 e. The number of hydrogen-bond acceptors (Lipinski definition) is 3. The summed E-state index contributed by atoms with van der Waals surface area (Å²) in [7, 11) is 0. The monoisotopic (exact) mass is 244 g/mol. The van der Waals surface area contributed by atoms with Crippen molar-refractivity contribution in [3.8, 4) is 0 Å². The van der Waals surface area contributed by atoms with Crippen molar-refractivity contribution in [3.05, 3.63) is 0 Å². The molecule has 17 heavy (non-hydrogen) atoms. The van der Waals surface area contributed by atoms with E-state index in [1.54, 1.807) is 0 Å². The molecule has 0 unspecified atom stereocenters. The third-order valence-electron chi connectivity index (χ3n) is 3.55. The quantitative estimate of drug-likeness (QED) is 0.641. The van der Waals surface area contributed by atoms with Crippen LogP contribution in [0, 0.1) is 11.8 Å². The molecule has 0 saturated heterocycles. The summed E-state index contributed by atoms with van der Waals surface area (Å²) in [6.07, 6.45) is 4.78. The molecule has 3 nitrogen and oxygen atoms in total. The van der Waals surface area contributed by atoms with E-state index in [4.69, 9.17) is 14.2 Å². The van der Waals surface area contributed by atoms with Gasteiger partial charge in [-0.3, -0.25) is 0 Å². The first kappa shape index (κ1) is 14.9. The van der Waals surface area contributed by atoms with E-state index >= 15 is 0 Å². The fraction of sp³-hybridized carbons (Fsp3) is 1.00. The second-order valence-corrected chi connectivity index (χ2v) is 4.86. The molecule has 0 aromatic heterocycles. The summed E-state index contributed by atoms with van der Waals surface area (Å²) < 4.78 is 17.5. The average molecular weight is 244 g/mol. The van der Waals surface area contributed by atoms with E-state index in [1.807, 2.05) is 20.8 Å². The summed E-state index contributed by atoms with van der Waals surface area (Å²) >= 11 is 0. The zero-order chi connectivity index (χ0) is 12.7. The molecule has 0 aromatic rings. The highest BCUT2D eigenvalue weighted by molar-refractivity contribution is 4.78. The Morgan fingerprint density at radius 1 is 0.824 bits per heavy atom. The molecule has 0 N–H and O–H groups in total. The maximum absolute atomic E-state index is 5.84. The maximum atomic E-state index is 5.84. The summed E-state index contributed by atoms with van der Waals surface area (Å²) in [6.45, 7) is 10.2. The Morgan fingerprint density at radius 2 is 1.24 bits per heavy atom. The van der Waals surface area contributed by atoms with E-state index in [0.717, 1.165) is 18.8 Å². The summed E-state index contributed by atoms with van der Waals surface area (Å²) in [4.78, 5) is 0. The van der Waals surface area contributed by atoms with Gasteiger partial charge in [-0.05, 0) is 39.5 Å². The predicted octanol–water partition coefficient (Wildman–Crippen LogP) is 3.58. The van der Waals surface area contributed by atoms with Gasteiger partial charge >= 0.3 is 0 Å². The molecule has 102 valence electrons. The maximum Gasteiger partial charge on any atom is 0.285 e. The third kappa shape index (κ3) is 3.94. The Bertz CT molecular complexity index is 181. The highest BCUT2D eigenvalue weighted by Crippen LogP contribution is 2.39. The molecule has 0 bridgehead atoms. The number of rotatable bonds is 7. The molecule has 0 spiro atoms. The lowest BCUT2D eigenvalue weighted by atomic mass is 9.81.